The molecule has 0 radical (unpaired) electrons. The molecule has 1 heterocycles. The van der Waals surface area contributed by atoms with Gasteiger partial charge in [-0.1, -0.05) is 23.2 Å². The summed E-state index contributed by atoms with van der Waals surface area (Å²) >= 11 is 11.5. The second kappa shape index (κ2) is 8.26. The molecular weight excluding hydrogens is 281 g/mol. The highest BCUT2D eigenvalue weighted by atomic mass is 35.5. The quantitative estimate of drug-likeness (QED) is 0.438. The number of halogens is 2. The number of nitrogens with zero attached hydrogens (tertiary/aromatic N) is 1. The van der Waals surface area contributed by atoms with Crippen molar-refractivity contribution in [2.45, 2.75) is 0 Å². The van der Waals surface area contributed by atoms with Crippen LogP contribution in [0, 0.1) is 0 Å². The first-order valence-corrected chi connectivity index (χ1v) is 5.96. The van der Waals surface area contributed by atoms with Crippen molar-refractivity contribution in [3.05, 3.63) is 28.0 Å². The SMILES string of the molecule is COCCOCCOC(=O)c1nc(Cl)ccc1Cl. The number of rotatable bonds is 7. The highest BCUT2D eigenvalue weighted by molar-refractivity contribution is 6.34. The second-order valence-corrected chi connectivity index (χ2v) is 4.00. The molecule has 0 aliphatic heterocycles. The van der Waals surface area contributed by atoms with E-state index in [1.165, 1.54) is 12.1 Å². The monoisotopic (exact) mass is 293 g/mol. The molecule has 0 atom stereocenters. The molecule has 0 bridgehead atoms. The zero-order valence-electron chi connectivity index (χ0n) is 9.82. The lowest BCUT2D eigenvalue weighted by Gasteiger charge is -2.06. The summed E-state index contributed by atoms with van der Waals surface area (Å²) in [7, 11) is 1.58. The molecule has 0 amide bonds. The summed E-state index contributed by atoms with van der Waals surface area (Å²) < 4.78 is 14.9. The number of aromatic nitrogens is 1. The van der Waals surface area contributed by atoms with Crippen molar-refractivity contribution in [1.82, 2.24) is 4.98 Å². The van der Waals surface area contributed by atoms with Crippen LogP contribution in [0.4, 0.5) is 0 Å². The molecule has 1 rings (SSSR count). The van der Waals surface area contributed by atoms with Gasteiger partial charge in [0.05, 0.1) is 24.8 Å². The number of carbonyl (C=O) groups excluding carboxylic acids is 1. The molecule has 1 aromatic rings. The van der Waals surface area contributed by atoms with Crippen LogP contribution in [-0.4, -0.2) is 44.5 Å². The molecule has 0 N–H and O–H groups in total. The third-order valence-electron chi connectivity index (χ3n) is 1.90. The number of esters is 1. The standard InChI is InChI=1S/C11H13Cl2NO4/c1-16-4-5-17-6-7-18-11(15)10-8(12)2-3-9(13)14-10/h2-3H,4-7H2,1H3. The normalized spacial score (nSPS) is 10.4. The number of hydrogen-bond acceptors (Lipinski definition) is 5. The van der Waals surface area contributed by atoms with Crippen LogP contribution in [0.25, 0.3) is 0 Å². The maximum Gasteiger partial charge on any atom is 0.358 e. The van der Waals surface area contributed by atoms with Gasteiger partial charge < -0.3 is 14.2 Å². The molecule has 7 heteroatoms. The summed E-state index contributed by atoms with van der Waals surface area (Å²) in [6, 6.07) is 2.98. The topological polar surface area (TPSA) is 57.7 Å². The molecule has 5 nitrogen and oxygen atoms in total. The fraction of sp³-hybridized carbons (Fsp3) is 0.455. The Balaban J connectivity index is 2.34. The van der Waals surface area contributed by atoms with Gasteiger partial charge in [0.15, 0.2) is 5.69 Å². The second-order valence-electron chi connectivity index (χ2n) is 3.21. The van der Waals surface area contributed by atoms with Gasteiger partial charge in [-0.25, -0.2) is 9.78 Å². The van der Waals surface area contributed by atoms with Crippen LogP contribution < -0.4 is 0 Å². The summed E-state index contributed by atoms with van der Waals surface area (Å²) in [5.74, 6) is -0.627. The first-order chi connectivity index (χ1) is 8.65. The molecule has 0 spiro atoms. The zero-order chi connectivity index (χ0) is 13.4. The number of ether oxygens (including phenoxy) is 3. The highest BCUT2D eigenvalue weighted by Crippen LogP contribution is 2.17. The van der Waals surface area contributed by atoms with E-state index in [1.54, 1.807) is 7.11 Å². The Morgan fingerprint density at radius 3 is 2.67 bits per heavy atom. The number of methoxy groups -OCH3 is 1. The Morgan fingerprint density at radius 1 is 1.22 bits per heavy atom. The van der Waals surface area contributed by atoms with E-state index < -0.39 is 5.97 Å². The lowest BCUT2D eigenvalue weighted by Crippen LogP contribution is -2.14. The molecule has 100 valence electrons. The Bertz CT molecular complexity index is 401. The average molecular weight is 294 g/mol. The van der Waals surface area contributed by atoms with Crippen LogP contribution >= 0.6 is 23.2 Å². The summed E-state index contributed by atoms with van der Waals surface area (Å²) in [5, 5.41) is 0.382. The molecule has 0 aromatic carbocycles. The van der Waals surface area contributed by atoms with Crippen LogP contribution in [-0.2, 0) is 14.2 Å². The molecular formula is C11H13Cl2NO4. The van der Waals surface area contributed by atoms with E-state index in [0.29, 0.717) is 13.2 Å². The van der Waals surface area contributed by atoms with Crippen molar-refractivity contribution >= 4 is 29.2 Å². The molecule has 1 aromatic heterocycles. The van der Waals surface area contributed by atoms with E-state index in [-0.39, 0.29) is 29.1 Å². The van der Waals surface area contributed by atoms with E-state index >= 15 is 0 Å². The highest BCUT2D eigenvalue weighted by Gasteiger charge is 2.14. The fourth-order valence-electron chi connectivity index (χ4n) is 1.07. The number of hydrogen-bond donors (Lipinski definition) is 0. The van der Waals surface area contributed by atoms with Gasteiger partial charge in [-0.05, 0) is 12.1 Å². The third kappa shape index (κ3) is 5.18. The summed E-state index contributed by atoms with van der Waals surface area (Å²) in [4.78, 5) is 15.4. The summed E-state index contributed by atoms with van der Waals surface area (Å²) in [5.41, 5.74) is 0.000980. The number of carbonyl (C=O) groups is 1. The van der Waals surface area contributed by atoms with Gasteiger partial charge in [0.25, 0.3) is 0 Å². The lowest BCUT2D eigenvalue weighted by atomic mass is 10.3. The van der Waals surface area contributed by atoms with Crippen molar-refractivity contribution in [2.24, 2.45) is 0 Å². The fourth-order valence-corrected chi connectivity index (χ4v) is 1.40. The van der Waals surface area contributed by atoms with Gasteiger partial charge in [-0.3, -0.25) is 0 Å². The molecule has 0 aliphatic rings. The van der Waals surface area contributed by atoms with Crippen molar-refractivity contribution in [1.29, 1.82) is 0 Å². The van der Waals surface area contributed by atoms with Gasteiger partial charge in [-0.2, -0.15) is 0 Å². The third-order valence-corrected chi connectivity index (χ3v) is 2.41. The minimum atomic E-state index is -0.627. The average Bonchev–Trinajstić information content (AvgIpc) is 2.36. The molecule has 0 aliphatic carbocycles. The Hall–Kier alpha value is -0.880. The van der Waals surface area contributed by atoms with E-state index in [0.717, 1.165) is 0 Å². The minimum absolute atomic E-state index is 0.000980. The van der Waals surface area contributed by atoms with E-state index in [4.69, 9.17) is 37.4 Å². The molecule has 0 fully saturated rings. The molecule has 0 saturated heterocycles. The van der Waals surface area contributed by atoms with Crippen molar-refractivity contribution in [3.8, 4) is 0 Å². The van der Waals surface area contributed by atoms with Crippen LogP contribution in [0.3, 0.4) is 0 Å². The van der Waals surface area contributed by atoms with E-state index in [1.807, 2.05) is 0 Å². The van der Waals surface area contributed by atoms with Crippen molar-refractivity contribution < 1.29 is 19.0 Å². The van der Waals surface area contributed by atoms with Gasteiger partial charge in [-0.15, -0.1) is 0 Å². The van der Waals surface area contributed by atoms with Crippen LogP contribution in [0.2, 0.25) is 10.2 Å². The van der Waals surface area contributed by atoms with Gasteiger partial charge >= 0.3 is 5.97 Å². The minimum Gasteiger partial charge on any atom is -0.458 e. The largest absolute Gasteiger partial charge is 0.458 e. The molecule has 0 unspecified atom stereocenters. The van der Waals surface area contributed by atoms with Crippen LogP contribution in [0.1, 0.15) is 10.5 Å². The number of pyridine rings is 1. The van der Waals surface area contributed by atoms with E-state index in [2.05, 4.69) is 4.98 Å². The lowest BCUT2D eigenvalue weighted by molar-refractivity contribution is 0.0209. The summed E-state index contributed by atoms with van der Waals surface area (Å²) in [6.07, 6.45) is 0. The predicted octanol–water partition coefficient (Wildman–Crippen LogP) is 2.21. The van der Waals surface area contributed by atoms with Gasteiger partial charge in [0.2, 0.25) is 0 Å². The Morgan fingerprint density at radius 2 is 1.94 bits per heavy atom. The maximum absolute atomic E-state index is 11.6. The van der Waals surface area contributed by atoms with Crippen molar-refractivity contribution in [3.63, 3.8) is 0 Å². The zero-order valence-corrected chi connectivity index (χ0v) is 11.3. The molecule has 18 heavy (non-hydrogen) atoms. The van der Waals surface area contributed by atoms with Crippen LogP contribution in [0.15, 0.2) is 12.1 Å². The Kier molecular flexibility index (Phi) is 6.97. The smallest absolute Gasteiger partial charge is 0.358 e. The Labute approximate surface area is 115 Å². The summed E-state index contributed by atoms with van der Waals surface area (Å²) in [6.45, 7) is 1.35. The first-order valence-electron chi connectivity index (χ1n) is 5.21. The maximum atomic E-state index is 11.6. The van der Waals surface area contributed by atoms with Gasteiger partial charge in [0.1, 0.15) is 11.8 Å². The van der Waals surface area contributed by atoms with E-state index in [9.17, 15) is 4.79 Å². The first kappa shape index (κ1) is 15.2. The van der Waals surface area contributed by atoms with Crippen LogP contribution in [0.5, 0.6) is 0 Å². The van der Waals surface area contributed by atoms with Gasteiger partial charge in [0, 0.05) is 7.11 Å². The molecule has 0 saturated carbocycles. The van der Waals surface area contributed by atoms with Crippen molar-refractivity contribution in [2.75, 3.05) is 33.5 Å². The predicted molar refractivity (Wildman–Crippen MR) is 67.2 cm³/mol.